The van der Waals surface area contributed by atoms with Gasteiger partial charge < -0.3 is 5.11 Å². The summed E-state index contributed by atoms with van der Waals surface area (Å²) in [6, 6.07) is 12.2. The molecule has 19 heavy (non-hydrogen) atoms. The van der Waals surface area contributed by atoms with E-state index in [0.717, 1.165) is 10.9 Å². The maximum atomic E-state index is 11.0. The molecule has 5 heteroatoms. The summed E-state index contributed by atoms with van der Waals surface area (Å²) in [6.07, 6.45) is 1.72. The normalized spacial score (nSPS) is 10.8. The van der Waals surface area contributed by atoms with Crippen LogP contribution in [0.15, 0.2) is 48.7 Å². The van der Waals surface area contributed by atoms with E-state index >= 15 is 0 Å². The van der Waals surface area contributed by atoms with Gasteiger partial charge in [0.15, 0.2) is 0 Å². The van der Waals surface area contributed by atoms with E-state index in [4.69, 9.17) is 16.7 Å². The fourth-order valence-electron chi connectivity index (χ4n) is 1.97. The number of benzene rings is 2. The number of para-hydroxylation sites is 1. The number of carboxylic acids is 1. The topological polar surface area (TPSA) is 55.1 Å². The Balaban J connectivity index is 2.26. The van der Waals surface area contributed by atoms with E-state index in [9.17, 15) is 4.79 Å². The van der Waals surface area contributed by atoms with Crippen molar-refractivity contribution in [3.05, 3.63) is 59.2 Å². The number of aromatic carboxylic acids is 1. The van der Waals surface area contributed by atoms with Crippen molar-refractivity contribution in [2.24, 2.45) is 0 Å². The Morgan fingerprint density at radius 3 is 2.79 bits per heavy atom. The molecule has 0 spiro atoms. The highest BCUT2D eigenvalue weighted by atomic mass is 35.5. The summed E-state index contributed by atoms with van der Waals surface area (Å²) in [5.41, 5.74) is 1.62. The molecule has 3 rings (SSSR count). The second-order valence-corrected chi connectivity index (χ2v) is 4.49. The number of halogens is 1. The molecule has 0 aliphatic carbocycles. The summed E-state index contributed by atoms with van der Waals surface area (Å²) in [5.74, 6) is -0.991. The maximum absolute atomic E-state index is 11.0. The second kappa shape index (κ2) is 4.40. The van der Waals surface area contributed by atoms with Gasteiger partial charge in [0.05, 0.1) is 28.0 Å². The molecule has 0 aliphatic rings. The smallest absolute Gasteiger partial charge is 0.335 e. The highest BCUT2D eigenvalue weighted by Gasteiger charge is 2.11. The number of carboxylic acid groups (broad SMARTS) is 1. The fraction of sp³-hybridized carbons (Fsp3) is 0. The molecule has 2 aromatic carbocycles. The first-order valence-corrected chi connectivity index (χ1v) is 6.00. The van der Waals surface area contributed by atoms with Gasteiger partial charge in [-0.05, 0) is 24.3 Å². The van der Waals surface area contributed by atoms with Crippen LogP contribution in [-0.4, -0.2) is 20.9 Å². The molecular weight excluding hydrogens is 264 g/mol. The predicted molar refractivity (Wildman–Crippen MR) is 73.0 cm³/mol. The van der Waals surface area contributed by atoms with Gasteiger partial charge in [-0.3, -0.25) is 0 Å². The maximum Gasteiger partial charge on any atom is 0.335 e. The highest BCUT2D eigenvalue weighted by molar-refractivity contribution is 6.32. The van der Waals surface area contributed by atoms with Crippen LogP contribution in [0.4, 0.5) is 0 Å². The molecule has 1 heterocycles. The molecule has 1 aromatic heterocycles. The van der Waals surface area contributed by atoms with E-state index < -0.39 is 5.97 Å². The van der Waals surface area contributed by atoms with Crippen LogP contribution in [0.2, 0.25) is 5.02 Å². The van der Waals surface area contributed by atoms with Crippen LogP contribution in [-0.2, 0) is 0 Å². The van der Waals surface area contributed by atoms with Gasteiger partial charge in [0.1, 0.15) is 0 Å². The predicted octanol–water partition coefficient (Wildman–Crippen LogP) is 3.38. The summed E-state index contributed by atoms with van der Waals surface area (Å²) in [7, 11) is 0. The van der Waals surface area contributed by atoms with Gasteiger partial charge in [-0.25, -0.2) is 9.48 Å². The van der Waals surface area contributed by atoms with Crippen molar-refractivity contribution in [3.8, 4) is 5.69 Å². The summed E-state index contributed by atoms with van der Waals surface area (Å²) in [6.45, 7) is 0. The SMILES string of the molecule is O=C(O)c1ccc(Cl)c(-n2ncc3ccccc32)c1. The van der Waals surface area contributed by atoms with Gasteiger partial charge in [0.25, 0.3) is 0 Å². The third kappa shape index (κ3) is 1.96. The Morgan fingerprint density at radius 2 is 2.00 bits per heavy atom. The number of fused-ring (bicyclic) bond motifs is 1. The van der Waals surface area contributed by atoms with Crippen LogP contribution >= 0.6 is 11.6 Å². The van der Waals surface area contributed by atoms with Gasteiger partial charge in [-0.1, -0.05) is 29.8 Å². The zero-order valence-electron chi connectivity index (χ0n) is 9.75. The van der Waals surface area contributed by atoms with E-state index in [1.807, 2.05) is 24.3 Å². The molecule has 0 fully saturated rings. The van der Waals surface area contributed by atoms with Crippen molar-refractivity contribution in [2.45, 2.75) is 0 Å². The van der Waals surface area contributed by atoms with E-state index in [2.05, 4.69) is 5.10 Å². The van der Waals surface area contributed by atoms with Crippen molar-refractivity contribution >= 4 is 28.5 Å². The minimum atomic E-state index is -0.991. The molecule has 1 N–H and O–H groups in total. The quantitative estimate of drug-likeness (QED) is 0.778. The minimum absolute atomic E-state index is 0.180. The van der Waals surface area contributed by atoms with E-state index in [1.54, 1.807) is 16.9 Å². The summed E-state index contributed by atoms with van der Waals surface area (Å²) < 4.78 is 1.64. The molecule has 0 unspecified atom stereocenters. The van der Waals surface area contributed by atoms with Crippen LogP contribution in [0.25, 0.3) is 16.6 Å². The molecule has 4 nitrogen and oxygen atoms in total. The number of nitrogens with zero attached hydrogens (tertiary/aromatic N) is 2. The Kier molecular flexibility index (Phi) is 2.72. The Hall–Kier alpha value is -2.33. The molecule has 0 aliphatic heterocycles. The largest absolute Gasteiger partial charge is 0.478 e. The van der Waals surface area contributed by atoms with Crippen LogP contribution < -0.4 is 0 Å². The van der Waals surface area contributed by atoms with Crippen LogP contribution in [0, 0.1) is 0 Å². The average molecular weight is 273 g/mol. The summed E-state index contributed by atoms with van der Waals surface area (Å²) >= 11 is 6.14. The van der Waals surface area contributed by atoms with Gasteiger partial charge >= 0.3 is 5.97 Å². The Morgan fingerprint density at radius 1 is 1.21 bits per heavy atom. The molecule has 0 radical (unpaired) electrons. The lowest BCUT2D eigenvalue weighted by Crippen LogP contribution is -2.02. The zero-order chi connectivity index (χ0) is 13.4. The summed E-state index contributed by atoms with van der Waals surface area (Å²) in [4.78, 5) is 11.0. The van der Waals surface area contributed by atoms with Crippen LogP contribution in [0.5, 0.6) is 0 Å². The van der Waals surface area contributed by atoms with Gasteiger partial charge in [-0.15, -0.1) is 0 Å². The van der Waals surface area contributed by atoms with Crippen molar-refractivity contribution in [3.63, 3.8) is 0 Å². The number of hydrogen-bond acceptors (Lipinski definition) is 2. The van der Waals surface area contributed by atoms with Crippen molar-refractivity contribution < 1.29 is 9.90 Å². The van der Waals surface area contributed by atoms with E-state index in [1.165, 1.54) is 12.1 Å². The van der Waals surface area contributed by atoms with Gasteiger partial charge in [0, 0.05) is 5.39 Å². The first-order valence-electron chi connectivity index (χ1n) is 5.63. The Labute approximate surface area is 113 Å². The van der Waals surface area contributed by atoms with E-state index in [-0.39, 0.29) is 5.56 Å². The molecule has 94 valence electrons. The molecular formula is C14H9ClN2O2. The third-order valence-electron chi connectivity index (χ3n) is 2.90. The molecule has 3 aromatic rings. The lowest BCUT2D eigenvalue weighted by molar-refractivity contribution is 0.0697. The number of carbonyl (C=O) groups is 1. The van der Waals surface area contributed by atoms with Gasteiger partial charge in [0.2, 0.25) is 0 Å². The average Bonchev–Trinajstić information content (AvgIpc) is 2.83. The molecule has 0 atom stereocenters. The number of hydrogen-bond donors (Lipinski definition) is 1. The second-order valence-electron chi connectivity index (χ2n) is 4.09. The number of rotatable bonds is 2. The monoisotopic (exact) mass is 272 g/mol. The van der Waals surface area contributed by atoms with Crippen LogP contribution in [0.3, 0.4) is 0 Å². The van der Waals surface area contributed by atoms with Crippen molar-refractivity contribution in [2.75, 3.05) is 0 Å². The third-order valence-corrected chi connectivity index (χ3v) is 3.22. The van der Waals surface area contributed by atoms with Crippen molar-refractivity contribution in [1.29, 1.82) is 0 Å². The first-order chi connectivity index (χ1) is 9.16. The van der Waals surface area contributed by atoms with E-state index in [0.29, 0.717) is 10.7 Å². The molecule has 0 bridgehead atoms. The lowest BCUT2D eigenvalue weighted by atomic mass is 10.2. The fourth-order valence-corrected chi connectivity index (χ4v) is 2.17. The molecule has 0 amide bonds. The number of aromatic nitrogens is 2. The van der Waals surface area contributed by atoms with Crippen LogP contribution in [0.1, 0.15) is 10.4 Å². The summed E-state index contributed by atoms with van der Waals surface area (Å²) in [5, 5.41) is 14.7. The van der Waals surface area contributed by atoms with Gasteiger partial charge in [-0.2, -0.15) is 5.10 Å². The first kappa shape index (κ1) is 11.7. The molecule has 0 saturated heterocycles. The Bertz CT molecular complexity index is 780. The minimum Gasteiger partial charge on any atom is -0.478 e. The molecule has 0 saturated carbocycles. The highest BCUT2D eigenvalue weighted by Crippen LogP contribution is 2.25. The lowest BCUT2D eigenvalue weighted by Gasteiger charge is -2.07. The zero-order valence-corrected chi connectivity index (χ0v) is 10.5. The standard InChI is InChI=1S/C14H9ClN2O2/c15-11-6-5-9(14(18)19)7-13(11)17-12-4-2-1-3-10(12)8-16-17/h1-8H,(H,18,19). The van der Waals surface area contributed by atoms with Crippen molar-refractivity contribution in [1.82, 2.24) is 9.78 Å².